The Morgan fingerprint density at radius 1 is 0.857 bits per heavy atom. The van der Waals surface area contributed by atoms with E-state index in [4.69, 9.17) is 4.74 Å². The standard InChI is InChI=1S/C17H19NO.C2H6/c1-3-7-15(8-4-1)11-18(13-17-14-19-17)12-16-9-5-2-6-10-16;1-2/h1-10,17H,11-14H2;1-2H3/t17-;/m1./s1. The molecule has 0 aromatic heterocycles. The van der Waals surface area contributed by atoms with Gasteiger partial charge in [-0.1, -0.05) is 74.5 Å². The second-order valence-corrected chi connectivity index (χ2v) is 5.10. The monoisotopic (exact) mass is 283 g/mol. The molecule has 1 heterocycles. The van der Waals surface area contributed by atoms with E-state index in [2.05, 4.69) is 65.6 Å². The van der Waals surface area contributed by atoms with E-state index >= 15 is 0 Å². The number of ether oxygens (including phenoxy) is 1. The minimum atomic E-state index is 0.437. The van der Waals surface area contributed by atoms with Crippen molar-refractivity contribution in [2.24, 2.45) is 0 Å². The molecule has 0 saturated carbocycles. The summed E-state index contributed by atoms with van der Waals surface area (Å²) in [6, 6.07) is 21.3. The van der Waals surface area contributed by atoms with Gasteiger partial charge in [-0.2, -0.15) is 0 Å². The van der Waals surface area contributed by atoms with Gasteiger partial charge in [0.05, 0.1) is 12.7 Å². The predicted octanol–water partition coefficient (Wildman–Crippen LogP) is 4.11. The van der Waals surface area contributed by atoms with Crippen LogP contribution in [0.5, 0.6) is 0 Å². The zero-order valence-corrected chi connectivity index (χ0v) is 13.0. The summed E-state index contributed by atoms with van der Waals surface area (Å²) in [6.07, 6.45) is 0.437. The number of hydrogen-bond donors (Lipinski definition) is 0. The lowest BCUT2D eigenvalue weighted by atomic mass is 10.1. The molecule has 0 bridgehead atoms. The van der Waals surface area contributed by atoms with Gasteiger partial charge in [0.25, 0.3) is 0 Å². The molecule has 21 heavy (non-hydrogen) atoms. The zero-order chi connectivity index (χ0) is 14.9. The fourth-order valence-electron chi connectivity index (χ4n) is 2.33. The second-order valence-electron chi connectivity index (χ2n) is 5.10. The van der Waals surface area contributed by atoms with Gasteiger partial charge in [-0.3, -0.25) is 4.90 Å². The van der Waals surface area contributed by atoms with Gasteiger partial charge in [-0.25, -0.2) is 0 Å². The third kappa shape index (κ3) is 5.70. The first-order valence-electron chi connectivity index (χ1n) is 7.82. The lowest BCUT2D eigenvalue weighted by Crippen LogP contribution is -2.27. The summed E-state index contributed by atoms with van der Waals surface area (Å²) < 4.78 is 5.37. The molecule has 2 aromatic carbocycles. The minimum Gasteiger partial charge on any atom is -0.372 e. The van der Waals surface area contributed by atoms with Gasteiger partial charge in [0.1, 0.15) is 0 Å². The fraction of sp³-hybridized carbons (Fsp3) is 0.368. The van der Waals surface area contributed by atoms with Crippen LogP contribution in [0.4, 0.5) is 0 Å². The van der Waals surface area contributed by atoms with E-state index < -0.39 is 0 Å². The highest BCUT2D eigenvalue weighted by Crippen LogP contribution is 2.16. The molecular weight excluding hydrogens is 258 g/mol. The first-order chi connectivity index (χ1) is 10.4. The first-order valence-corrected chi connectivity index (χ1v) is 7.82. The number of rotatable bonds is 6. The third-order valence-electron chi connectivity index (χ3n) is 3.36. The molecule has 2 aromatic rings. The Morgan fingerprint density at radius 2 is 1.29 bits per heavy atom. The number of hydrogen-bond acceptors (Lipinski definition) is 2. The van der Waals surface area contributed by atoms with Crippen molar-refractivity contribution in [3.8, 4) is 0 Å². The van der Waals surface area contributed by atoms with Gasteiger partial charge in [-0.05, 0) is 11.1 Å². The molecule has 0 spiro atoms. The van der Waals surface area contributed by atoms with Gasteiger partial charge >= 0.3 is 0 Å². The van der Waals surface area contributed by atoms with Crippen LogP contribution in [0.2, 0.25) is 0 Å². The molecule has 112 valence electrons. The third-order valence-corrected chi connectivity index (χ3v) is 3.36. The summed E-state index contributed by atoms with van der Waals surface area (Å²) >= 11 is 0. The summed E-state index contributed by atoms with van der Waals surface area (Å²) in [4.78, 5) is 2.46. The van der Waals surface area contributed by atoms with Gasteiger partial charge in [0.15, 0.2) is 0 Å². The van der Waals surface area contributed by atoms with Gasteiger partial charge < -0.3 is 4.74 Å². The van der Waals surface area contributed by atoms with E-state index in [0.717, 1.165) is 26.2 Å². The van der Waals surface area contributed by atoms with Gasteiger partial charge in [0.2, 0.25) is 0 Å². The van der Waals surface area contributed by atoms with Crippen LogP contribution < -0.4 is 0 Å². The van der Waals surface area contributed by atoms with Crippen LogP contribution in [0.1, 0.15) is 25.0 Å². The molecule has 3 rings (SSSR count). The van der Waals surface area contributed by atoms with Crippen LogP contribution >= 0.6 is 0 Å². The van der Waals surface area contributed by atoms with Crippen molar-refractivity contribution in [2.45, 2.75) is 33.0 Å². The smallest absolute Gasteiger partial charge is 0.0936 e. The lowest BCUT2D eigenvalue weighted by molar-refractivity contribution is 0.227. The van der Waals surface area contributed by atoms with Crippen molar-refractivity contribution in [2.75, 3.05) is 13.2 Å². The van der Waals surface area contributed by atoms with E-state index in [1.807, 2.05) is 13.8 Å². The fourth-order valence-corrected chi connectivity index (χ4v) is 2.33. The molecule has 0 radical (unpaired) electrons. The Balaban J connectivity index is 0.000000774. The van der Waals surface area contributed by atoms with E-state index in [1.54, 1.807) is 0 Å². The highest BCUT2D eigenvalue weighted by atomic mass is 16.6. The summed E-state index contributed by atoms with van der Waals surface area (Å²) in [5.74, 6) is 0. The van der Waals surface area contributed by atoms with Gasteiger partial charge in [-0.15, -0.1) is 0 Å². The Bertz CT molecular complexity index is 452. The maximum Gasteiger partial charge on any atom is 0.0936 e. The normalized spacial score (nSPS) is 16.2. The Morgan fingerprint density at radius 3 is 1.67 bits per heavy atom. The maximum atomic E-state index is 5.37. The second kappa shape index (κ2) is 8.60. The van der Waals surface area contributed by atoms with Crippen LogP contribution in [0, 0.1) is 0 Å². The zero-order valence-electron chi connectivity index (χ0n) is 13.0. The van der Waals surface area contributed by atoms with E-state index in [1.165, 1.54) is 11.1 Å². The van der Waals surface area contributed by atoms with Crippen molar-refractivity contribution in [1.82, 2.24) is 4.90 Å². The molecule has 1 aliphatic rings. The SMILES string of the molecule is CC.c1ccc(CN(Cc2ccccc2)C[C@@H]2CO2)cc1. The van der Waals surface area contributed by atoms with E-state index in [-0.39, 0.29) is 0 Å². The quantitative estimate of drug-likeness (QED) is 0.741. The molecule has 1 atom stereocenters. The average Bonchev–Trinajstić information content (AvgIpc) is 3.35. The molecule has 2 heteroatoms. The summed E-state index contributed by atoms with van der Waals surface area (Å²) in [5.41, 5.74) is 2.72. The Labute approximate surface area is 128 Å². The van der Waals surface area contributed by atoms with Crippen LogP contribution in [-0.2, 0) is 17.8 Å². The molecule has 0 aliphatic carbocycles. The van der Waals surface area contributed by atoms with Crippen LogP contribution in [-0.4, -0.2) is 24.2 Å². The van der Waals surface area contributed by atoms with Crippen molar-refractivity contribution in [1.29, 1.82) is 0 Å². The van der Waals surface area contributed by atoms with Crippen molar-refractivity contribution < 1.29 is 4.74 Å². The lowest BCUT2D eigenvalue weighted by Gasteiger charge is -2.21. The molecule has 1 aliphatic heterocycles. The molecular formula is C19H25NO. The molecule has 1 fully saturated rings. The molecule has 2 nitrogen and oxygen atoms in total. The number of epoxide rings is 1. The van der Waals surface area contributed by atoms with E-state index in [0.29, 0.717) is 6.10 Å². The largest absolute Gasteiger partial charge is 0.372 e. The highest BCUT2D eigenvalue weighted by molar-refractivity contribution is 5.17. The van der Waals surface area contributed by atoms with Crippen molar-refractivity contribution in [3.63, 3.8) is 0 Å². The summed E-state index contributed by atoms with van der Waals surface area (Å²) in [6.45, 7) is 7.90. The minimum absolute atomic E-state index is 0.437. The van der Waals surface area contributed by atoms with Crippen LogP contribution in [0.15, 0.2) is 60.7 Å². The van der Waals surface area contributed by atoms with Gasteiger partial charge in [0, 0.05) is 19.6 Å². The molecule has 1 saturated heterocycles. The molecule has 0 amide bonds. The first kappa shape index (κ1) is 15.7. The Hall–Kier alpha value is -1.64. The number of benzene rings is 2. The summed E-state index contributed by atoms with van der Waals surface area (Å²) in [5, 5.41) is 0. The maximum absolute atomic E-state index is 5.37. The average molecular weight is 283 g/mol. The van der Waals surface area contributed by atoms with Crippen LogP contribution in [0.25, 0.3) is 0 Å². The molecule has 0 unspecified atom stereocenters. The number of nitrogens with zero attached hydrogens (tertiary/aromatic N) is 1. The topological polar surface area (TPSA) is 15.8 Å². The summed E-state index contributed by atoms with van der Waals surface area (Å²) in [7, 11) is 0. The van der Waals surface area contributed by atoms with Crippen molar-refractivity contribution >= 4 is 0 Å². The van der Waals surface area contributed by atoms with Crippen molar-refractivity contribution in [3.05, 3.63) is 71.8 Å². The molecule has 0 N–H and O–H groups in total. The van der Waals surface area contributed by atoms with Crippen LogP contribution in [0.3, 0.4) is 0 Å². The Kier molecular flexibility index (Phi) is 6.45. The van der Waals surface area contributed by atoms with E-state index in [9.17, 15) is 0 Å². The highest BCUT2D eigenvalue weighted by Gasteiger charge is 2.25. The predicted molar refractivity (Wildman–Crippen MR) is 88.1 cm³/mol.